The fraction of sp³-hybridized carbons (Fsp3) is 1.00. The summed E-state index contributed by atoms with van der Waals surface area (Å²) in [6, 6.07) is 0. The summed E-state index contributed by atoms with van der Waals surface area (Å²) in [7, 11) is 4.06. The molecule has 1 atom stereocenters. The molecule has 0 radical (unpaired) electrons. The average Bonchev–Trinajstić information content (AvgIpc) is 1.61. The first-order valence-corrected chi connectivity index (χ1v) is 2.70. The molecule has 0 aromatic heterocycles. The molecule has 7 heavy (non-hydrogen) atoms. The Hall–Kier alpha value is -0.0400. The molecule has 0 aliphatic carbocycles. The Morgan fingerprint density at radius 3 is 2.29 bits per heavy atom. The number of nitrogens with zero attached hydrogens (tertiary/aromatic N) is 1. The molecule has 0 aliphatic heterocycles. The SMILES string of the molecule is [2H]C(C)CCN(C)C. The Morgan fingerprint density at radius 2 is 2.14 bits per heavy atom. The Kier molecular flexibility index (Phi) is 3.01. The van der Waals surface area contributed by atoms with Crippen LogP contribution in [0.2, 0.25) is 0 Å². The molecule has 0 aromatic carbocycles. The van der Waals surface area contributed by atoms with E-state index in [0.717, 1.165) is 13.0 Å². The third-order valence-electron chi connectivity index (χ3n) is 0.865. The normalized spacial score (nSPS) is 16.9. The Balaban J connectivity index is 2.93. The van der Waals surface area contributed by atoms with Gasteiger partial charge in [-0.1, -0.05) is 13.3 Å². The van der Waals surface area contributed by atoms with Crippen LogP contribution in [0.1, 0.15) is 21.1 Å². The summed E-state index contributed by atoms with van der Waals surface area (Å²) in [5.74, 6) is 0. The first-order chi connectivity index (χ1) is 3.63. The van der Waals surface area contributed by atoms with Gasteiger partial charge in [0.1, 0.15) is 0 Å². The molecule has 1 unspecified atom stereocenters. The first kappa shape index (κ1) is 5.10. The van der Waals surface area contributed by atoms with Crippen LogP contribution in [0.15, 0.2) is 0 Å². The molecule has 0 fully saturated rings. The zero-order valence-corrected chi connectivity index (χ0v) is 5.44. The molecule has 0 aromatic rings. The van der Waals surface area contributed by atoms with E-state index in [4.69, 9.17) is 1.37 Å². The molecule has 44 valence electrons. The van der Waals surface area contributed by atoms with E-state index in [1.165, 1.54) is 0 Å². The molecule has 0 spiro atoms. The van der Waals surface area contributed by atoms with Crippen molar-refractivity contribution in [2.45, 2.75) is 19.7 Å². The minimum Gasteiger partial charge on any atom is -0.309 e. The van der Waals surface area contributed by atoms with Gasteiger partial charge >= 0.3 is 0 Å². The van der Waals surface area contributed by atoms with E-state index >= 15 is 0 Å². The number of rotatable bonds is 3. The van der Waals surface area contributed by atoms with Gasteiger partial charge in [-0.25, -0.2) is 0 Å². The van der Waals surface area contributed by atoms with Crippen molar-refractivity contribution in [3.63, 3.8) is 0 Å². The van der Waals surface area contributed by atoms with Crippen LogP contribution in [-0.2, 0) is 0 Å². The van der Waals surface area contributed by atoms with Crippen molar-refractivity contribution in [3.8, 4) is 0 Å². The lowest BCUT2D eigenvalue weighted by Gasteiger charge is -2.05. The van der Waals surface area contributed by atoms with Crippen molar-refractivity contribution in [3.05, 3.63) is 0 Å². The molecule has 0 rings (SSSR count). The number of hydrogen-bond acceptors (Lipinski definition) is 1. The van der Waals surface area contributed by atoms with Crippen LogP contribution in [0.5, 0.6) is 0 Å². The van der Waals surface area contributed by atoms with Crippen LogP contribution < -0.4 is 0 Å². The van der Waals surface area contributed by atoms with Gasteiger partial charge in [0.05, 0.1) is 0 Å². The van der Waals surface area contributed by atoms with E-state index in [1.54, 1.807) is 0 Å². The molecule has 0 amide bonds. The van der Waals surface area contributed by atoms with Crippen LogP contribution in [0, 0.1) is 0 Å². The monoisotopic (exact) mass is 102 g/mol. The minimum absolute atomic E-state index is 0.0948. The minimum atomic E-state index is 0.0948. The summed E-state index contributed by atoms with van der Waals surface area (Å²) in [6.45, 7) is 2.95. The largest absolute Gasteiger partial charge is 0.309 e. The van der Waals surface area contributed by atoms with Crippen LogP contribution in [0.25, 0.3) is 0 Å². The van der Waals surface area contributed by atoms with Gasteiger partial charge in [-0.2, -0.15) is 0 Å². The van der Waals surface area contributed by atoms with Crippen LogP contribution in [0.3, 0.4) is 0 Å². The molecular formula is C6H15N. The summed E-state index contributed by atoms with van der Waals surface area (Å²) in [6.07, 6.45) is 1.07. The smallest absolute Gasteiger partial charge is 0.0264 e. The molecular weight excluding hydrogens is 86.1 g/mol. The topological polar surface area (TPSA) is 3.24 Å². The summed E-state index contributed by atoms with van der Waals surface area (Å²) in [5.41, 5.74) is 0. The van der Waals surface area contributed by atoms with E-state index in [-0.39, 0.29) is 6.40 Å². The Morgan fingerprint density at radius 1 is 1.57 bits per heavy atom. The highest BCUT2D eigenvalue weighted by molar-refractivity contribution is 4.39. The summed E-state index contributed by atoms with van der Waals surface area (Å²) >= 11 is 0. The molecule has 1 heteroatoms. The van der Waals surface area contributed by atoms with Gasteiger partial charge < -0.3 is 4.90 Å². The molecule has 0 bridgehead atoms. The zero-order valence-electron chi connectivity index (χ0n) is 6.44. The highest BCUT2D eigenvalue weighted by Crippen LogP contribution is 1.86. The van der Waals surface area contributed by atoms with E-state index < -0.39 is 0 Å². The van der Waals surface area contributed by atoms with Gasteiger partial charge in [0.25, 0.3) is 0 Å². The molecule has 0 saturated carbocycles. The second-order valence-electron chi connectivity index (χ2n) is 2.00. The van der Waals surface area contributed by atoms with Crippen LogP contribution >= 0.6 is 0 Å². The zero-order chi connectivity index (χ0) is 6.57. The molecule has 1 nitrogen and oxygen atoms in total. The first-order valence-electron chi connectivity index (χ1n) is 3.27. The van der Waals surface area contributed by atoms with Gasteiger partial charge in [0.15, 0.2) is 0 Å². The van der Waals surface area contributed by atoms with Gasteiger partial charge in [-0.05, 0) is 27.1 Å². The van der Waals surface area contributed by atoms with Gasteiger partial charge in [0, 0.05) is 1.37 Å². The predicted octanol–water partition coefficient (Wildman–Crippen LogP) is 1.35. The van der Waals surface area contributed by atoms with Crippen molar-refractivity contribution in [2.24, 2.45) is 0 Å². The molecule has 0 N–H and O–H groups in total. The summed E-state index contributed by atoms with van der Waals surface area (Å²) in [4.78, 5) is 2.10. The quantitative estimate of drug-likeness (QED) is 0.520. The second-order valence-corrected chi connectivity index (χ2v) is 2.00. The highest BCUT2D eigenvalue weighted by Gasteiger charge is 1.83. The van der Waals surface area contributed by atoms with Crippen molar-refractivity contribution in [2.75, 3.05) is 20.6 Å². The lowest BCUT2D eigenvalue weighted by atomic mass is 10.3. The maximum atomic E-state index is 7.14. The van der Waals surface area contributed by atoms with Gasteiger partial charge in [-0.15, -0.1) is 0 Å². The summed E-state index contributed by atoms with van der Waals surface area (Å²) in [5, 5.41) is 0. The van der Waals surface area contributed by atoms with E-state index in [0.29, 0.717) is 0 Å². The van der Waals surface area contributed by atoms with Gasteiger partial charge in [0.2, 0.25) is 0 Å². The van der Waals surface area contributed by atoms with Crippen LogP contribution in [-0.4, -0.2) is 25.5 Å². The van der Waals surface area contributed by atoms with Crippen molar-refractivity contribution in [1.82, 2.24) is 4.90 Å². The molecule has 0 heterocycles. The second kappa shape index (κ2) is 4.13. The lowest BCUT2D eigenvalue weighted by molar-refractivity contribution is 0.398. The van der Waals surface area contributed by atoms with Gasteiger partial charge in [-0.3, -0.25) is 0 Å². The highest BCUT2D eigenvalue weighted by atomic mass is 15.0. The predicted molar refractivity (Wildman–Crippen MR) is 33.5 cm³/mol. The Labute approximate surface area is 47.7 Å². The third-order valence-corrected chi connectivity index (χ3v) is 0.865. The third kappa shape index (κ3) is 5.96. The Bertz CT molecular complexity index is 44.5. The van der Waals surface area contributed by atoms with E-state index in [1.807, 2.05) is 21.0 Å². The number of hydrogen-bond donors (Lipinski definition) is 0. The lowest BCUT2D eigenvalue weighted by Crippen LogP contribution is -2.12. The standard InChI is InChI=1S/C6H15N/c1-4-5-6-7(2)3/h4-6H2,1-3H3/i4D. The van der Waals surface area contributed by atoms with Crippen LogP contribution in [0.4, 0.5) is 0 Å². The average molecular weight is 102 g/mol. The molecule has 0 saturated heterocycles. The summed E-state index contributed by atoms with van der Waals surface area (Å²) < 4.78 is 7.14. The maximum absolute atomic E-state index is 7.14. The fourth-order valence-corrected chi connectivity index (χ4v) is 0.387. The van der Waals surface area contributed by atoms with Crippen molar-refractivity contribution in [1.29, 1.82) is 0 Å². The maximum Gasteiger partial charge on any atom is 0.0264 e. The molecule has 0 aliphatic rings. The van der Waals surface area contributed by atoms with E-state index in [2.05, 4.69) is 4.90 Å². The van der Waals surface area contributed by atoms with Crippen molar-refractivity contribution < 1.29 is 1.37 Å². The fourth-order valence-electron chi connectivity index (χ4n) is 0.387. The van der Waals surface area contributed by atoms with E-state index in [9.17, 15) is 0 Å². The van der Waals surface area contributed by atoms with Crippen molar-refractivity contribution >= 4 is 0 Å².